The Hall–Kier alpha value is -1.20. The van der Waals surface area contributed by atoms with Crippen molar-refractivity contribution in [1.82, 2.24) is 0 Å². The van der Waals surface area contributed by atoms with E-state index in [0.29, 0.717) is 21.5 Å². The van der Waals surface area contributed by atoms with Gasteiger partial charge in [0.25, 0.3) is 0 Å². The Morgan fingerprint density at radius 3 is 2.50 bits per heavy atom. The van der Waals surface area contributed by atoms with Gasteiger partial charge in [-0.15, -0.1) is 0 Å². The Morgan fingerprint density at radius 2 is 1.79 bits per heavy atom. The lowest BCUT2D eigenvalue weighted by atomic mass is 10.2. The van der Waals surface area contributed by atoms with Crippen LogP contribution in [0, 0.1) is 6.92 Å². The maximum Gasteiger partial charge on any atom is 0.179 e. The monoisotopic (exact) mass is 439 g/mol. The van der Waals surface area contributed by atoms with E-state index in [-0.39, 0.29) is 0 Å². The first-order valence-corrected chi connectivity index (χ1v) is 9.41. The Morgan fingerprint density at radius 1 is 1.04 bits per heavy atom. The highest BCUT2D eigenvalue weighted by atomic mass is 79.9. The lowest BCUT2D eigenvalue weighted by Crippen LogP contribution is -1.75. The van der Waals surface area contributed by atoms with Crippen LogP contribution in [0.5, 0.6) is 0 Å². The first kappa shape index (κ1) is 17.6. The molecule has 6 heteroatoms. The summed E-state index contributed by atoms with van der Waals surface area (Å²) in [5.41, 5.74) is 1.94. The van der Waals surface area contributed by atoms with E-state index in [2.05, 4.69) is 52.1 Å². The van der Waals surface area contributed by atoms with Crippen LogP contribution in [0.2, 0.25) is 10.0 Å². The maximum atomic E-state index is 5.99. The van der Waals surface area contributed by atoms with Gasteiger partial charge in [-0.2, -0.15) is 0 Å². The van der Waals surface area contributed by atoms with Crippen LogP contribution in [0.15, 0.2) is 72.4 Å². The van der Waals surface area contributed by atoms with Gasteiger partial charge in [-0.05, 0) is 53.2 Å². The number of hydrogen-bond acceptors (Lipinski definition) is 3. The number of rotatable bonds is 4. The van der Waals surface area contributed by atoms with Gasteiger partial charge in [0.2, 0.25) is 0 Å². The molecule has 1 aromatic heterocycles. The minimum atomic E-state index is 0.475. The predicted molar refractivity (Wildman–Crippen MR) is 105 cm³/mol. The zero-order valence-electron chi connectivity index (χ0n) is 12.6. The molecule has 0 bridgehead atoms. The molecule has 3 rings (SSSR count). The average Bonchev–Trinajstić information content (AvgIpc) is 2.91. The first-order chi connectivity index (χ1) is 11.5. The molecule has 0 spiro atoms. The molecule has 0 amide bonds. The quantitative estimate of drug-likeness (QED) is 0.391. The summed E-state index contributed by atoms with van der Waals surface area (Å²) in [7, 11) is 0. The van der Waals surface area contributed by atoms with Crippen molar-refractivity contribution in [3.8, 4) is 0 Å². The molecular weight excluding hydrogens is 429 g/mol. The SMILES string of the molecule is Cc1ccc(Sc2oc(C=Nc3ccc(Cl)c(Cl)c3)cc2Br)cc1. The molecule has 1 heterocycles. The summed E-state index contributed by atoms with van der Waals surface area (Å²) in [6, 6.07) is 15.4. The number of nitrogens with zero attached hydrogens (tertiary/aromatic N) is 1. The van der Waals surface area contributed by atoms with E-state index in [1.807, 2.05) is 6.07 Å². The van der Waals surface area contributed by atoms with Crippen LogP contribution in [0.1, 0.15) is 11.3 Å². The second-order valence-electron chi connectivity index (χ2n) is 5.06. The van der Waals surface area contributed by atoms with Gasteiger partial charge in [0, 0.05) is 11.0 Å². The fourth-order valence-electron chi connectivity index (χ4n) is 1.92. The Bertz CT molecular complexity index is 891. The molecule has 0 radical (unpaired) electrons. The van der Waals surface area contributed by atoms with Gasteiger partial charge in [0.15, 0.2) is 5.09 Å². The first-order valence-electron chi connectivity index (χ1n) is 7.04. The van der Waals surface area contributed by atoms with Crippen LogP contribution in [0.4, 0.5) is 5.69 Å². The summed E-state index contributed by atoms with van der Waals surface area (Å²) in [5.74, 6) is 0.655. The normalized spacial score (nSPS) is 11.3. The van der Waals surface area contributed by atoms with Crippen molar-refractivity contribution in [2.24, 2.45) is 4.99 Å². The van der Waals surface area contributed by atoms with Crippen molar-refractivity contribution in [3.63, 3.8) is 0 Å². The summed E-state index contributed by atoms with van der Waals surface area (Å²) in [5, 5.41) is 1.77. The molecule has 0 atom stereocenters. The minimum Gasteiger partial charge on any atom is -0.447 e. The van der Waals surface area contributed by atoms with Crippen LogP contribution in [0.25, 0.3) is 0 Å². The average molecular weight is 441 g/mol. The van der Waals surface area contributed by atoms with E-state index in [9.17, 15) is 0 Å². The number of hydrogen-bond donors (Lipinski definition) is 0. The van der Waals surface area contributed by atoms with Gasteiger partial charge >= 0.3 is 0 Å². The summed E-state index contributed by atoms with van der Waals surface area (Å²) >= 11 is 17.0. The lowest BCUT2D eigenvalue weighted by molar-refractivity contribution is 0.466. The van der Waals surface area contributed by atoms with Gasteiger partial charge in [0.05, 0.1) is 26.4 Å². The Labute approximate surface area is 163 Å². The topological polar surface area (TPSA) is 25.5 Å². The van der Waals surface area contributed by atoms with Crippen LogP contribution in [-0.4, -0.2) is 6.21 Å². The van der Waals surface area contributed by atoms with Gasteiger partial charge in [0.1, 0.15) is 5.76 Å². The third-order valence-corrected chi connectivity index (χ3v) is 5.74. The molecule has 24 heavy (non-hydrogen) atoms. The Balaban J connectivity index is 1.76. The van der Waals surface area contributed by atoms with E-state index >= 15 is 0 Å². The van der Waals surface area contributed by atoms with Crippen LogP contribution in [-0.2, 0) is 0 Å². The summed E-state index contributed by atoms with van der Waals surface area (Å²) in [6.45, 7) is 2.06. The number of aryl methyl sites for hydroxylation is 1. The molecule has 0 aliphatic rings. The third-order valence-electron chi connectivity index (χ3n) is 3.15. The summed E-state index contributed by atoms with van der Waals surface area (Å²) in [4.78, 5) is 5.47. The fraction of sp³-hybridized carbons (Fsp3) is 0.0556. The lowest BCUT2D eigenvalue weighted by Gasteiger charge is -1.99. The molecule has 0 aliphatic carbocycles. The molecular formula is C18H12BrCl2NOS. The minimum absolute atomic E-state index is 0.475. The van der Waals surface area contributed by atoms with Crippen LogP contribution >= 0.6 is 50.9 Å². The highest BCUT2D eigenvalue weighted by molar-refractivity contribution is 9.10. The van der Waals surface area contributed by atoms with Crippen LogP contribution < -0.4 is 0 Å². The zero-order valence-corrected chi connectivity index (χ0v) is 16.5. The molecule has 2 aromatic carbocycles. The van der Waals surface area contributed by atoms with Gasteiger partial charge < -0.3 is 4.42 Å². The third kappa shape index (κ3) is 4.45. The van der Waals surface area contributed by atoms with Gasteiger partial charge in [-0.25, -0.2) is 0 Å². The maximum absolute atomic E-state index is 5.99. The molecule has 0 unspecified atom stereocenters. The Kier molecular flexibility index (Phi) is 5.72. The number of furan rings is 1. The number of aliphatic imine (C=N–C) groups is 1. The van der Waals surface area contributed by atoms with Crippen molar-refractivity contribution < 1.29 is 4.42 Å². The van der Waals surface area contributed by atoms with E-state index < -0.39 is 0 Å². The van der Waals surface area contributed by atoms with Crippen molar-refractivity contribution in [3.05, 3.63) is 74.4 Å². The molecule has 3 aromatic rings. The van der Waals surface area contributed by atoms with Gasteiger partial charge in [-0.3, -0.25) is 4.99 Å². The molecule has 0 saturated heterocycles. The second-order valence-corrected chi connectivity index (χ2v) is 7.77. The smallest absolute Gasteiger partial charge is 0.179 e. The molecule has 0 aliphatic heterocycles. The standard InChI is InChI=1S/C18H12BrCl2NOS/c1-11-2-5-14(6-3-11)24-18-15(19)9-13(23-18)10-22-12-4-7-16(20)17(21)8-12/h2-10H,1H3. The molecule has 2 nitrogen and oxygen atoms in total. The van der Waals surface area contributed by atoms with Crippen molar-refractivity contribution in [2.75, 3.05) is 0 Å². The van der Waals surface area contributed by atoms with Gasteiger partial charge in [-0.1, -0.05) is 52.7 Å². The summed E-state index contributed by atoms with van der Waals surface area (Å²) in [6.07, 6.45) is 1.66. The van der Waals surface area contributed by atoms with E-state index in [1.165, 1.54) is 5.56 Å². The molecule has 0 saturated carbocycles. The van der Waals surface area contributed by atoms with Crippen molar-refractivity contribution >= 4 is 62.8 Å². The molecule has 122 valence electrons. The second kappa shape index (κ2) is 7.79. The predicted octanol–water partition coefficient (Wildman–Crippen LogP) is 7.56. The fourth-order valence-corrected chi connectivity index (χ4v) is 3.54. The van der Waals surface area contributed by atoms with Crippen molar-refractivity contribution in [2.45, 2.75) is 16.9 Å². The number of halogens is 3. The van der Waals surface area contributed by atoms with Crippen LogP contribution in [0.3, 0.4) is 0 Å². The summed E-state index contributed by atoms with van der Waals surface area (Å²) < 4.78 is 6.72. The highest BCUT2D eigenvalue weighted by Crippen LogP contribution is 2.36. The highest BCUT2D eigenvalue weighted by Gasteiger charge is 2.09. The van der Waals surface area contributed by atoms with Crippen molar-refractivity contribution in [1.29, 1.82) is 0 Å². The molecule has 0 fully saturated rings. The zero-order chi connectivity index (χ0) is 17.1. The molecule has 0 N–H and O–H groups in total. The largest absolute Gasteiger partial charge is 0.447 e. The number of benzene rings is 2. The van der Waals surface area contributed by atoms with E-state index in [0.717, 1.165) is 14.5 Å². The van der Waals surface area contributed by atoms with E-state index in [4.69, 9.17) is 27.6 Å². The van der Waals surface area contributed by atoms with E-state index in [1.54, 1.807) is 36.2 Å².